The third kappa shape index (κ3) is 4.69. The molecule has 0 aliphatic rings. The standard InChI is InChI=1S/C23H20N4O2S/c1-29-20-11-5-9-18(13-20)14-21(28)27(16-17-7-3-2-4-8-17)23-26-25-22(30-23)19-10-6-12-24-15-19/h2-13,15H,14,16H2,1H3. The van der Waals surface area contributed by atoms with E-state index in [-0.39, 0.29) is 12.3 Å². The zero-order chi connectivity index (χ0) is 20.8. The first-order chi connectivity index (χ1) is 14.7. The van der Waals surface area contributed by atoms with E-state index in [0.29, 0.717) is 11.7 Å². The lowest BCUT2D eigenvalue weighted by Crippen LogP contribution is -2.31. The van der Waals surface area contributed by atoms with Crippen molar-refractivity contribution in [3.05, 3.63) is 90.3 Å². The highest BCUT2D eigenvalue weighted by Gasteiger charge is 2.21. The molecule has 2 heterocycles. The number of hydrogen-bond donors (Lipinski definition) is 0. The fourth-order valence-electron chi connectivity index (χ4n) is 3.01. The third-order valence-corrected chi connectivity index (χ3v) is 5.52. The maximum Gasteiger partial charge on any atom is 0.233 e. The van der Waals surface area contributed by atoms with Gasteiger partial charge in [0.15, 0.2) is 5.01 Å². The van der Waals surface area contributed by atoms with E-state index in [4.69, 9.17) is 4.74 Å². The number of benzene rings is 2. The summed E-state index contributed by atoms with van der Waals surface area (Å²) in [6.45, 7) is 0.422. The normalized spacial score (nSPS) is 10.6. The molecule has 1 amide bonds. The predicted molar refractivity (Wildman–Crippen MR) is 117 cm³/mol. The third-order valence-electron chi connectivity index (χ3n) is 4.53. The molecule has 150 valence electrons. The van der Waals surface area contributed by atoms with Crippen LogP contribution in [0.15, 0.2) is 79.1 Å². The van der Waals surface area contributed by atoms with Crippen molar-refractivity contribution in [1.29, 1.82) is 0 Å². The van der Waals surface area contributed by atoms with Crippen molar-refractivity contribution < 1.29 is 9.53 Å². The first-order valence-corrected chi connectivity index (χ1v) is 10.3. The number of anilines is 1. The SMILES string of the molecule is COc1cccc(CC(=O)N(Cc2ccccc2)c2nnc(-c3cccnc3)s2)c1. The summed E-state index contributed by atoms with van der Waals surface area (Å²) in [6, 6.07) is 21.2. The Bertz CT molecular complexity index is 1120. The molecule has 0 fully saturated rings. The van der Waals surface area contributed by atoms with Crippen LogP contribution in [0.4, 0.5) is 5.13 Å². The van der Waals surface area contributed by atoms with Crippen molar-refractivity contribution >= 4 is 22.4 Å². The Morgan fingerprint density at radius 2 is 1.83 bits per heavy atom. The molecule has 0 unspecified atom stereocenters. The van der Waals surface area contributed by atoms with E-state index in [2.05, 4.69) is 15.2 Å². The Hall–Kier alpha value is -3.58. The number of carbonyl (C=O) groups excluding carboxylic acids is 1. The van der Waals surface area contributed by atoms with Gasteiger partial charge >= 0.3 is 0 Å². The van der Waals surface area contributed by atoms with Crippen LogP contribution in [0.2, 0.25) is 0 Å². The lowest BCUT2D eigenvalue weighted by atomic mass is 10.1. The van der Waals surface area contributed by atoms with Crippen molar-refractivity contribution in [2.45, 2.75) is 13.0 Å². The van der Waals surface area contributed by atoms with Gasteiger partial charge in [0, 0.05) is 18.0 Å². The molecular formula is C23H20N4O2S. The largest absolute Gasteiger partial charge is 0.497 e. The number of rotatable bonds is 7. The van der Waals surface area contributed by atoms with Crippen LogP contribution in [0.25, 0.3) is 10.6 Å². The van der Waals surface area contributed by atoms with Crippen LogP contribution in [-0.4, -0.2) is 28.2 Å². The second-order valence-corrected chi connectivity index (χ2v) is 7.58. The van der Waals surface area contributed by atoms with Crippen molar-refractivity contribution in [2.24, 2.45) is 0 Å². The van der Waals surface area contributed by atoms with E-state index in [1.54, 1.807) is 24.4 Å². The molecular weight excluding hydrogens is 396 g/mol. The van der Waals surface area contributed by atoms with Crippen molar-refractivity contribution in [1.82, 2.24) is 15.2 Å². The maximum absolute atomic E-state index is 13.3. The first-order valence-electron chi connectivity index (χ1n) is 9.44. The summed E-state index contributed by atoms with van der Waals surface area (Å²) in [5.74, 6) is 0.672. The number of pyridine rings is 1. The number of ether oxygens (including phenoxy) is 1. The summed E-state index contributed by atoms with van der Waals surface area (Å²) in [5, 5.41) is 9.87. The van der Waals surface area contributed by atoms with Crippen LogP contribution in [0.3, 0.4) is 0 Å². The first kappa shape index (κ1) is 19.7. The maximum atomic E-state index is 13.3. The smallest absolute Gasteiger partial charge is 0.233 e. The van der Waals surface area contributed by atoms with E-state index >= 15 is 0 Å². The van der Waals surface area contributed by atoms with Gasteiger partial charge in [0.1, 0.15) is 5.75 Å². The van der Waals surface area contributed by atoms with Crippen molar-refractivity contribution in [3.8, 4) is 16.3 Å². The number of methoxy groups -OCH3 is 1. The molecule has 0 aliphatic heterocycles. The number of carbonyl (C=O) groups is 1. The number of hydrogen-bond acceptors (Lipinski definition) is 6. The van der Waals surface area contributed by atoms with Gasteiger partial charge in [0.05, 0.1) is 20.1 Å². The highest BCUT2D eigenvalue weighted by Crippen LogP contribution is 2.29. The Balaban J connectivity index is 1.62. The van der Waals surface area contributed by atoms with E-state index in [0.717, 1.165) is 27.4 Å². The highest BCUT2D eigenvalue weighted by molar-refractivity contribution is 7.18. The molecule has 0 N–H and O–H groups in total. The molecule has 0 saturated heterocycles. The Labute approximate surface area is 178 Å². The van der Waals surface area contributed by atoms with Gasteiger partial charge in [-0.25, -0.2) is 0 Å². The summed E-state index contributed by atoms with van der Waals surface area (Å²) in [4.78, 5) is 19.1. The Kier molecular flexibility index (Phi) is 6.10. The van der Waals surface area contributed by atoms with E-state index in [1.807, 2.05) is 66.7 Å². The molecule has 6 nitrogen and oxygen atoms in total. The quantitative estimate of drug-likeness (QED) is 0.447. The molecule has 0 aliphatic carbocycles. The van der Waals surface area contributed by atoms with Crippen LogP contribution >= 0.6 is 11.3 Å². The lowest BCUT2D eigenvalue weighted by molar-refractivity contribution is -0.118. The minimum absolute atomic E-state index is 0.0546. The summed E-state index contributed by atoms with van der Waals surface area (Å²) < 4.78 is 5.28. The van der Waals surface area contributed by atoms with E-state index < -0.39 is 0 Å². The lowest BCUT2D eigenvalue weighted by Gasteiger charge is -2.20. The van der Waals surface area contributed by atoms with Crippen LogP contribution in [0.1, 0.15) is 11.1 Å². The molecule has 0 atom stereocenters. The molecule has 7 heteroatoms. The molecule has 2 aromatic heterocycles. The van der Waals surface area contributed by atoms with Gasteiger partial charge < -0.3 is 4.74 Å². The summed E-state index contributed by atoms with van der Waals surface area (Å²) in [6.07, 6.45) is 3.69. The number of aromatic nitrogens is 3. The molecule has 4 rings (SSSR count). The van der Waals surface area contributed by atoms with Crippen LogP contribution in [0.5, 0.6) is 5.75 Å². The van der Waals surface area contributed by atoms with Crippen LogP contribution < -0.4 is 9.64 Å². The summed E-state index contributed by atoms with van der Waals surface area (Å²) in [7, 11) is 1.61. The minimum atomic E-state index is -0.0546. The van der Waals surface area contributed by atoms with Gasteiger partial charge in [-0.1, -0.05) is 53.8 Å². The Morgan fingerprint density at radius 1 is 1.00 bits per heavy atom. The van der Waals surface area contributed by atoms with Gasteiger partial charge in [-0.15, -0.1) is 10.2 Å². The monoisotopic (exact) mass is 416 g/mol. The van der Waals surface area contributed by atoms with Gasteiger partial charge in [-0.05, 0) is 35.4 Å². The van der Waals surface area contributed by atoms with Crippen molar-refractivity contribution in [3.63, 3.8) is 0 Å². The molecule has 30 heavy (non-hydrogen) atoms. The fraction of sp³-hybridized carbons (Fsp3) is 0.130. The predicted octanol–water partition coefficient (Wildman–Crippen LogP) is 4.38. The number of nitrogens with zero attached hydrogens (tertiary/aromatic N) is 4. The average Bonchev–Trinajstić information content (AvgIpc) is 3.29. The molecule has 0 saturated carbocycles. The van der Waals surface area contributed by atoms with E-state index in [9.17, 15) is 4.79 Å². The van der Waals surface area contributed by atoms with Crippen LogP contribution in [-0.2, 0) is 17.8 Å². The van der Waals surface area contributed by atoms with Gasteiger partial charge in [-0.3, -0.25) is 14.7 Å². The molecule has 0 bridgehead atoms. The highest BCUT2D eigenvalue weighted by atomic mass is 32.1. The molecule has 0 radical (unpaired) electrons. The topological polar surface area (TPSA) is 68.2 Å². The Morgan fingerprint density at radius 3 is 2.60 bits per heavy atom. The molecule has 0 spiro atoms. The van der Waals surface area contributed by atoms with Gasteiger partial charge in [0.2, 0.25) is 11.0 Å². The number of amides is 1. The molecule has 4 aromatic rings. The van der Waals surface area contributed by atoms with E-state index in [1.165, 1.54) is 11.3 Å². The fourth-order valence-corrected chi connectivity index (χ4v) is 3.86. The second-order valence-electron chi connectivity index (χ2n) is 6.63. The zero-order valence-electron chi connectivity index (χ0n) is 16.4. The van der Waals surface area contributed by atoms with Gasteiger partial charge in [0.25, 0.3) is 0 Å². The van der Waals surface area contributed by atoms with Crippen LogP contribution in [0, 0.1) is 0 Å². The summed E-state index contributed by atoms with van der Waals surface area (Å²) in [5.41, 5.74) is 2.78. The second kappa shape index (κ2) is 9.28. The molecule has 2 aromatic carbocycles. The van der Waals surface area contributed by atoms with Crippen molar-refractivity contribution in [2.75, 3.05) is 12.0 Å². The van der Waals surface area contributed by atoms with Gasteiger partial charge in [-0.2, -0.15) is 0 Å². The zero-order valence-corrected chi connectivity index (χ0v) is 17.2. The summed E-state index contributed by atoms with van der Waals surface area (Å²) >= 11 is 1.38. The minimum Gasteiger partial charge on any atom is -0.497 e. The average molecular weight is 417 g/mol.